The third-order valence-electron chi connectivity index (χ3n) is 2.18. The van der Waals surface area contributed by atoms with E-state index in [0.717, 1.165) is 10.7 Å². The maximum atomic E-state index is 3.61. The van der Waals surface area contributed by atoms with Crippen molar-refractivity contribution in [2.45, 2.75) is 17.7 Å². The minimum atomic E-state index is 0.794. The zero-order valence-corrected chi connectivity index (χ0v) is 7.92. The summed E-state index contributed by atoms with van der Waals surface area (Å²) in [6.07, 6.45) is 2.60. The molecule has 58 valence electrons. The minimum Gasteiger partial charge on any atom is -0.0887 e. The molecule has 0 aliphatic heterocycles. The monoisotopic (exact) mass is 210 g/mol. The van der Waals surface area contributed by atoms with Gasteiger partial charge in [-0.25, -0.2) is 0 Å². The lowest BCUT2D eigenvalue weighted by Gasteiger charge is -1.96. The van der Waals surface area contributed by atoms with E-state index in [-0.39, 0.29) is 0 Å². The maximum Gasteiger partial charge on any atom is 0.0180 e. The smallest absolute Gasteiger partial charge is 0.0180 e. The van der Waals surface area contributed by atoms with Gasteiger partial charge >= 0.3 is 0 Å². The highest BCUT2D eigenvalue weighted by Crippen LogP contribution is 2.40. The van der Waals surface area contributed by atoms with Crippen molar-refractivity contribution < 1.29 is 0 Å². The highest BCUT2D eigenvalue weighted by molar-refractivity contribution is 9.09. The molecule has 0 bridgehead atoms. The molecule has 1 fully saturated rings. The first-order valence-electron chi connectivity index (χ1n) is 4.04. The van der Waals surface area contributed by atoms with Gasteiger partial charge in [0.15, 0.2) is 0 Å². The summed E-state index contributed by atoms with van der Waals surface area (Å²) < 4.78 is 0. The van der Waals surface area contributed by atoms with Gasteiger partial charge in [-0.1, -0.05) is 46.3 Å². The van der Waals surface area contributed by atoms with E-state index in [1.165, 1.54) is 18.4 Å². The van der Waals surface area contributed by atoms with Crippen LogP contribution in [0.25, 0.3) is 0 Å². The molecule has 0 radical (unpaired) electrons. The van der Waals surface area contributed by atoms with Crippen molar-refractivity contribution in [1.29, 1.82) is 0 Å². The van der Waals surface area contributed by atoms with Gasteiger partial charge in [0.1, 0.15) is 0 Å². The van der Waals surface area contributed by atoms with Crippen molar-refractivity contribution in [1.82, 2.24) is 0 Å². The molecule has 0 spiro atoms. The number of alkyl halides is 1. The summed E-state index contributed by atoms with van der Waals surface area (Å²) in [6.45, 7) is 0. The molecule has 0 amide bonds. The molecule has 1 aromatic rings. The Kier molecular flexibility index (Phi) is 1.99. The van der Waals surface area contributed by atoms with Crippen LogP contribution in [-0.4, -0.2) is 4.83 Å². The molecule has 0 heterocycles. The Labute approximate surface area is 75.8 Å². The Morgan fingerprint density at radius 2 is 1.91 bits per heavy atom. The Balaban J connectivity index is 1.97. The predicted octanol–water partition coefficient (Wildman–Crippen LogP) is 3.01. The molecule has 0 unspecified atom stereocenters. The summed E-state index contributed by atoms with van der Waals surface area (Å²) >= 11 is 3.61. The number of rotatable bonds is 2. The third kappa shape index (κ3) is 1.84. The van der Waals surface area contributed by atoms with Gasteiger partial charge in [-0.2, -0.15) is 0 Å². The molecule has 1 saturated carbocycles. The average molecular weight is 211 g/mol. The van der Waals surface area contributed by atoms with E-state index in [0.29, 0.717) is 0 Å². The predicted molar refractivity (Wildman–Crippen MR) is 51.0 cm³/mol. The van der Waals surface area contributed by atoms with Gasteiger partial charge in [-0.3, -0.25) is 0 Å². The van der Waals surface area contributed by atoms with E-state index in [2.05, 4.69) is 46.3 Å². The van der Waals surface area contributed by atoms with Crippen molar-refractivity contribution in [3.05, 3.63) is 35.9 Å². The average Bonchev–Trinajstić information content (AvgIpc) is 2.69. The molecule has 1 heteroatoms. The fourth-order valence-electron chi connectivity index (χ4n) is 1.34. The SMILES string of the molecule is Br[C@@H]1C[C@@H]1Cc1ccccc1. The van der Waals surface area contributed by atoms with E-state index in [9.17, 15) is 0 Å². The number of halogens is 1. The fourth-order valence-corrected chi connectivity index (χ4v) is 2.01. The molecule has 0 saturated heterocycles. The summed E-state index contributed by atoms with van der Waals surface area (Å²) in [6, 6.07) is 10.7. The first kappa shape index (κ1) is 7.35. The van der Waals surface area contributed by atoms with Crippen LogP contribution in [0.3, 0.4) is 0 Å². The second-order valence-electron chi connectivity index (χ2n) is 3.20. The van der Waals surface area contributed by atoms with E-state index < -0.39 is 0 Å². The lowest BCUT2D eigenvalue weighted by Crippen LogP contribution is -1.87. The highest BCUT2D eigenvalue weighted by Gasteiger charge is 2.33. The van der Waals surface area contributed by atoms with Crippen molar-refractivity contribution in [3.8, 4) is 0 Å². The van der Waals surface area contributed by atoms with E-state index in [1.807, 2.05) is 0 Å². The molecule has 0 nitrogen and oxygen atoms in total. The van der Waals surface area contributed by atoms with Crippen LogP contribution in [0.5, 0.6) is 0 Å². The van der Waals surface area contributed by atoms with Crippen molar-refractivity contribution in [2.75, 3.05) is 0 Å². The van der Waals surface area contributed by atoms with Gasteiger partial charge in [0.25, 0.3) is 0 Å². The highest BCUT2D eigenvalue weighted by atomic mass is 79.9. The molecule has 0 aromatic heterocycles. The first-order chi connectivity index (χ1) is 5.36. The van der Waals surface area contributed by atoms with Gasteiger partial charge in [0.05, 0.1) is 0 Å². The zero-order valence-electron chi connectivity index (χ0n) is 6.33. The molecule has 2 rings (SSSR count). The zero-order chi connectivity index (χ0) is 7.68. The van der Waals surface area contributed by atoms with Crippen LogP contribution >= 0.6 is 15.9 Å². The van der Waals surface area contributed by atoms with Crippen molar-refractivity contribution >= 4 is 15.9 Å². The molecular weight excluding hydrogens is 200 g/mol. The third-order valence-corrected chi connectivity index (χ3v) is 3.30. The molecule has 1 aliphatic carbocycles. The quantitative estimate of drug-likeness (QED) is 0.659. The molecular formula is C10H11Br. The van der Waals surface area contributed by atoms with E-state index in [4.69, 9.17) is 0 Å². The number of benzene rings is 1. The van der Waals surface area contributed by atoms with Crippen LogP contribution in [0.1, 0.15) is 12.0 Å². The number of hydrogen-bond acceptors (Lipinski definition) is 0. The van der Waals surface area contributed by atoms with Crippen LogP contribution in [0.2, 0.25) is 0 Å². The van der Waals surface area contributed by atoms with Crippen LogP contribution in [-0.2, 0) is 6.42 Å². The summed E-state index contributed by atoms with van der Waals surface area (Å²) in [5, 5.41) is 0. The topological polar surface area (TPSA) is 0 Å². The Bertz CT molecular complexity index is 230. The second kappa shape index (κ2) is 2.98. The van der Waals surface area contributed by atoms with Gasteiger partial charge in [0.2, 0.25) is 0 Å². The van der Waals surface area contributed by atoms with Crippen LogP contribution in [0.15, 0.2) is 30.3 Å². The largest absolute Gasteiger partial charge is 0.0887 e. The summed E-state index contributed by atoms with van der Waals surface area (Å²) in [5.41, 5.74) is 1.47. The van der Waals surface area contributed by atoms with Crippen molar-refractivity contribution in [3.63, 3.8) is 0 Å². The van der Waals surface area contributed by atoms with Gasteiger partial charge in [0, 0.05) is 4.83 Å². The van der Waals surface area contributed by atoms with E-state index in [1.54, 1.807) is 0 Å². The van der Waals surface area contributed by atoms with Crippen molar-refractivity contribution in [2.24, 2.45) is 5.92 Å². The Morgan fingerprint density at radius 3 is 2.45 bits per heavy atom. The fraction of sp³-hybridized carbons (Fsp3) is 0.400. The first-order valence-corrected chi connectivity index (χ1v) is 4.96. The normalized spacial score (nSPS) is 28.5. The summed E-state index contributed by atoms with van der Waals surface area (Å²) in [7, 11) is 0. The lowest BCUT2D eigenvalue weighted by molar-refractivity contribution is 0.838. The molecule has 1 aliphatic rings. The lowest BCUT2D eigenvalue weighted by atomic mass is 10.1. The van der Waals surface area contributed by atoms with Gasteiger partial charge in [-0.15, -0.1) is 0 Å². The Morgan fingerprint density at radius 1 is 1.27 bits per heavy atom. The van der Waals surface area contributed by atoms with Crippen LogP contribution < -0.4 is 0 Å². The van der Waals surface area contributed by atoms with Gasteiger partial charge < -0.3 is 0 Å². The van der Waals surface area contributed by atoms with Crippen LogP contribution in [0, 0.1) is 5.92 Å². The minimum absolute atomic E-state index is 0.794. The standard InChI is InChI=1S/C10H11Br/c11-10-7-9(10)6-8-4-2-1-3-5-8/h1-5,9-10H,6-7H2/t9-,10+/m0/s1. The second-order valence-corrected chi connectivity index (χ2v) is 4.38. The Hall–Kier alpha value is -0.300. The maximum absolute atomic E-state index is 3.61. The molecule has 0 N–H and O–H groups in total. The number of hydrogen-bond donors (Lipinski definition) is 0. The molecule has 2 atom stereocenters. The molecule has 1 aromatic carbocycles. The summed E-state index contributed by atoms with van der Waals surface area (Å²) in [5.74, 6) is 0.900. The molecule has 11 heavy (non-hydrogen) atoms. The van der Waals surface area contributed by atoms with Gasteiger partial charge in [-0.05, 0) is 24.3 Å². The summed E-state index contributed by atoms with van der Waals surface area (Å²) in [4.78, 5) is 0.794. The van der Waals surface area contributed by atoms with E-state index >= 15 is 0 Å². The van der Waals surface area contributed by atoms with Crippen LogP contribution in [0.4, 0.5) is 0 Å².